The topological polar surface area (TPSA) is 12.0 Å². The number of thioether (sulfide) groups is 1. The molecule has 0 aromatic carbocycles. The molecule has 3 heteroatoms. The van der Waals surface area contributed by atoms with Crippen LogP contribution in [0.1, 0.15) is 25.3 Å². The smallest absolute Gasteiger partial charge is 0.0227 e. The van der Waals surface area contributed by atoms with Crippen molar-refractivity contribution in [2.45, 2.75) is 37.5 Å². The molecule has 0 saturated carbocycles. The fourth-order valence-electron chi connectivity index (χ4n) is 2.18. The van der Waals surface area contributed by atoms with Crippen molar-refractivity contribution in [1.82, 2.24) is 5.32 Å². The Hall–Kier alpha value is 0.01000. The summed E-state index contributed by atoms with van der Waals surface area (Å²) >= 11 is 3.96. The van der Waals surface area contributed by atoms with E-state index in [1.165, 1.54) is 30.6 Å². The van der Waals surface area contributed by atoms with Gasteiger partial charge in [-0.1, -0.05) is 6.92 Å². The van der Waals surface area contributed by atoms with Crippen LogP contribution in [-0.4, -0.2) is 23.6 Å². The molecular weight excluding hydrogens is 222 g/mol. The van der Waals surface area contributed by atoms with Crippen molar-refractivity contribution in [3.05, 3.63) is 22.4 Å². The molecule has 1 aromatic rings. The molecule has 2 rings (SSSR count). The van der Waals surface area contributed by atoms with Crippen LogP contribution in [0.3, 0.4) is 0 Å². The molecule has 1 N–H and O–H groups in total. The third-order valence-electron chi connectivity index (χ3n) is 2.92. The van der Waals surface area contributed by atoms with Gasteiger partial charge in [0, 0.05) is 11.3 Å². The molecule has 0 spiro atoms. The lowest BCUT2D eigenvalue weighted by Gasteiger charge is -2.23. The van der Waals surface area contributed by atoms with Crippen LogP contribution in [0.5, 0.6) is 0 Å². The van der Waals surface area contributed by atoms with Crippen LogP contribution in [0.4, 0.5) is 0 Å². The molecule has 1 fully saturated rings. The molecule has 0 radical (unpaired) electrons. The highest BCUT2D eigenvalue weighted by molar-refractivity contribution is 8.00. The summed E-state index contributed by atoms with van der Waals surface area (Å²) in [7, 11) is 0. The molecule has 0 bridgehead atoms. The van der Waals surface area contributed by atoms with Crippen LogP contribution in [0.15, 0.2) is 16.8 Å². The molecule has 1 saturated heterocycles. The molecular formula is C12H19NS2. The first-order valence-electron chi connectivity index (χ1n) is 5.76. The molecule has 84 valence electrons. The Labute approximate surface area is 101 Å². The maximum atomic E-state index is 3.65. The highest BCUT2D eigenvalue weighted by Crippen LogP contribution is 2.30. The Kier molecular flexibility index (Phi) is 4.54. The minimum atomic E-state index is 0.678. The van der Waals surface area contributed by atoms with Gasteiger partial charge in [0.05, 0.1) is 0 Å². The second-order valence-corrected chi connectivity index (χ2v) is 6.18. The van der Waals surface area contributed by atoms with Crippen LogP contribution in [0.25, 0.3) is 0 Å². The van der Waals surface area contributed by atoms with Crippen molar-refractivity contribution in [3.8, 4) is 0 Å². The summed E-state index contributed by atoms with van der Waals surface area (Å²) in [4.78, 5) is 0. The Morgan fingerprint density at radius 1 is 1.60 bits per heavy atom. The highest BCUT2D eigenvalue weighted by atomic mass is 32.2. The molecule has 2 heterocycles. The van der Waals surface area contributed by atoms with Crippen molar-refractivity contribution in [1.29, 1.82) is 0 Å². The average Bonchev–Trinajstić information content (AvgIpc) is 2.89. The molecule has 0 aliphatic carbocycles. The van der Waals surface area contributed by atoms with E-state index in [1.807, 2.05) is 11.3 Å². The minimum absolute atomic E-state index is 0.678. The van der Waals surface area contributed by atoms with E-state index in [2.05, 4.69) is 40.8 Å². The Morgan fingerprint density at radius 3 is 3.13 bits per heavy atom. The van der Waals surface area contributed by atoms with E-state index in [0.29, 0.717) is 6.04 Å². The predicted molar refractivity (Wildman–Crippen MR) is 71.0 cm³/mol. The van der Waals surface area contributed by atoms with Gasteiger partial charge in [-0.05, 0) is 54.0 Å². The van der Waals surface area contributed by atoms with E-state index in [1.54, 1.807) is 0 Å². The minimum Gasteiger partial charge on any atom is -0.313 e. The van der Waals surface area contributed by atoms with Crippen LogP contribution >= 0.6 is 23.1 Å². The largest absolute Gasteiger partial charge is 0.313 e. The first-order chi connectivity index (χ1) is 7.40. The zero-order chi connectivity index (χ0) is 10.5. The van der Waals surface area contributed by atoms with Gasteiger partial charge in [-0.2, -0.15) is 23.1 Å². The van der Waals surface area contributed by atoms with Gasteiger partial charge in [0.15, 0.2) is 0 Å². The monoisotopic (exact) mass is 241 g/mol. The summed E-state index contributed by atoms with van der Waals surface area (Å²) < 4.78 is 0. The van der Waals surface area contributed by atoms with Gasteiger partial charge >= 0.3 is 0 Å². The van der Waals surface area contributed by atoms with Gasteiger partial charge in [-0.3, -0.25) is 0 Å². The van der Waals surface area contributed by atoms with E-state index >= 15 is 0 Å². The van der Waals surface area contributed by atoms with Gasteiger partial charge in [0.2, 0.25) is 0 Å². The van der Waals surface area contributed by atoms with Gasteiger partial charge in [-0.25, -0.2) is 0 Å². The number of hydrogen-bond donors (Lipinski definition) is 1. The predicted octanol–water partition coefficient (Wildman–Crippen LogP) is 3.16. The Balaban J connectivity index is 1.93. The van der Waals surface area contributed by atoms with Crippen LogP contribution < -0.4 is 5.32 Å². The Morgan fingerprint density at radius 2 is 2.53 bits per heavy atom. The number of rotatable bonds is 5. The van der Waals surface area contributed by atoms with Crippen LogP contribution in [0, 0.1) is 0 Å². The van der Waals surface area contributed by atoms with Gasteiger partial charge in [-0.15, -0.1) is 0 Å². The standard InChI is InChI=1S/C12H19NS2/c1-2-13-11(12-4-3-6-15-12)8-10-5-7-14-9-10/h5,7,9,11-13H,2-4,6,8H2,1H3. The number of thiophene rings is 1. The summed E-state index contributed by atoms with van der Waals surface area (Å²) in [5, 5.41) is 8.95. The second-order valence-electron chi connectivity index (χ2n) is 4.05. The lowest BCUT2D eigenvalue weighted by atomic mass is 10.0. The molecule has 1 aromatic heterocycles. The van der Waals surface area contributed by atoms with Crippen molar-refractivity contribution in [2.75, 3.05) is 12.3 Å². The number of hydrogen-bond acceptors (Lipinski definition) is 3. The van der Waals surface area contributed by atoms with Crippen molar-refractivity contribution in [3.63, 3.8) is 0 Å². The quantitative estimate of drug-likeness (QED) is 0.850. The van der Waals surface area contributed by atoms with Crippen LogP contribution in [0.2, 0.25) is 0 Å². The first kappa shape index (κ1) is 11.5. The van der Waals surface area contributed by atoms with Gasteiger partial charge in [0.25, 0.3) is 0 Å². The molecule has 2 unspecified atom stereocenters. The molecule has 1 aliphatic heterocycles. The first-order valence-corrected chi connectivity index (χ1v) is 7.75. The van der Waals surface area contributed by atoms with Crippen molar-refractivity contribution >= 4 is 23.1 Å². The van der Waals surface area contributed by atoms with E-state index in [4.69, 9.17) is 0 Å². The molecule has 2 atom stereocenters. The summed E-state index contributed by atoms with van der Waals surface area (Å²) in [6.07, 6.45) is 4.00. The van der Waals surface area contributed by atoms with Crippen molar-refractivity contribution < 1.29 is 0 Å². The normalized spacial score (nSPS) is 23.1. The number of nitrogens with one attached hydrogen (secondary N) is 1. The highest BCUT2D eigenvalue weighted by Gasteiger charge is 2.24. The fourth-order valence-corrected chi connectivity index (χ4v) is 4.26. The molecule has 0 amide bonds. The third kappa shape index (κ3) is 3.23. The summed E-state index contributed by atoms with van der Waals surface area (Å²) in [6, 6.07) is 2.94. The lowest BCUT2D eigenvalue weighted by molar-refractivity contribution is 0.496. The SMILES string of the molecule is CCNC(Cc1ccsc1)C1CCCS1. The molecule has 1 nitrogen and oxygen atoms in total. The van der Waals surface area contributed by atoms with E-state index in [-0.39, 0.29) is 0 Å². The van der Waals surface area contributed by atoms with E-state index < -0.39 is 0 Å². The van der Waals surface area contributed by atoms with Crippen LogP contribution in [-0.2, 0) is 6.42 Å². The number of likely N-dealkylation sites (N-methyl/N-ethyl adjacent to an activating group) is 1. The van der Waals surface area contributed by atoms with E-state index in [9.17, 15) is 0 Å². The lowest BCUT2D eigenvalue weighted by Crippen LogP contribution is -2.38. The summed E-state index contributed by atoms with van der Waals surface area (Å²) in [6.45, 7) is 3.30. The second kappa shape index (κ2) is 5.92. The maximum absolute atomic E-state index is 3.65. The van der Waals surface area contributed by atoms with Gasteiger partial charge < -0.3 is 5.32 Å². The summed E-state index contributed by atoms with van der Waals surface area (Å²) in [5.74, 6) is 1.36. The maximum Gasteiger partial charge on any atom is 0.0227 e. The average molecular weight is 241 g/mol. The molecule has 1 aliphatic rings. The Bertz CT molecular complexity index is 265. The van der Waals surface area contributed by atoms with E-state index in [0.717, 1.165) is 11.8 Å². The summed E-state index contributed by atoms with van der Waals surface area (Å²) in [5.41, 5.74) is 1.50. The third-order valence-corrected chi connectivity index (χ3v) is 5.16. The fraction of sp³-hybridized carbons (Fsp3) is 0.667. The molecule has 15 heavy (non-hydrogen) atoms. The zero-order valence-electron chi connectivity index (χ0n) is 9.24. The van der Waals surface area contributed by atoms with Gasteiger partial charge in [0.1, 0.15) is 0 Å². The zero-order valence-corrected chi connectivity index (χ0v) is 10.9. The van der Waals surface area contributed by atoms with Crippen molar-refractivity contribution in [2.24, 2.45) is 0 Å².